The fraction of sp³-hybridized carbons (Fsp3) is 0.0317. The number of anilines is 2. The molecule has 0 saturated carbocycles. The van der Waals surface area contributed by atoms with Crippen molar-refractivity contribution in [3.63, 3.8) is 0 Å². The maximum atomic E-state index is 13.4. The van der Waals surface area contributed by atoms with Crippen LogP contribution in [-0.4, -0.2) is 125 Å². The molecule has 11 aromatic rings. The van der Waals surface area contributed by atoms with Crippen LogP contribution in [0.3, 0.4) is 0 Å². The lowest BCUT2D eigenvalue weighted by molar-refractivity contribution is -0.139. The standard InChI is InChI=1S/C63H43N11O26S5/c1-28-15-46(49(100-27-53(76)77)26-44(28)67-70-47-23-36(101(85,86)87)16-32-17-37(102(88,89)90)24-48(75)54(32)47)69-74-57-51(104(94,95)96)20-29-7-10-34(21-40(29)61(57)80)65-71-55-42-25-52(105(97,98)99)58(59(78)38(42)13-14-43(55)64-33-5-3-2-4-6-33)72-66-35-11-8-30-19-50(103(91,92)93)56(60(79)41(30)22-35)73-68-45-18-31(62(81)82)9-12-39(45)63(83)84/h2-26,64,75,78-80H,27H2,1H3,(H,76,77)(H,81,82)(H,83,84)(H,85,86,87)(H,88,89,90)(H,91,92,93)(H,94,95,96)(H,97,98,99). The summed E-state index contributed by atoms with van der Waals surface area (Å²) in [5.41, 5.74) is -5.66. The van der Waals surface area contributed by atoms with Gasteiger partial charge in [0.1, 0.15) is 60.3 Å². The third-order valence-corrected chi connectivity index (χ3v) is 19.4. The molecule has 0 aliphatic rings. The molecule has 0 radical (unpaired) electrons. The number of carboxylic acid groups (broad SMARTS) is 3. The van der Waals surface area contributed by atoms with E-state index in [4.69, 9.17) is 4.74 Å². The highest BCUT2D eigenvalue weighted by Gasteiger charge is 2.29. The molecule has 0 aromatic heterocycles. The number of nitrogens with zero attached hydrogens (tertiary/aromatic N) is 10. The zero-order chi connectivity index (χ0) is 76.2. The molecule has 0 aliphatic carbocycles. The number of ether oxygens (including phenoxy) is 1. The molecular weight excluding hydrogens is 1490 g/mol. The molecule has 37 nitrogen and oxygen atoms in total. The molecular formula is C63H43N11O26S5. The number of aromatic carboxylic acids is 2. The molecule has 11 rings (SSSR count). The molecule has 42 heteroatoms. The Labute approximate surface area is 587 Å². The molecule has 0 saturated heterocycles. The summed E-state index contributed by atoms with van der Waals surface area (Å²) in [6.07, 6.45) is 0. The monoisotopic (exact) mass is 1530 g/mol. The Kier molecular flexibility index (Phi) is 19.5. The molecule has 0 heterocycles. The number of aromatic hydroxyl groups is 4. The average molecular weight is 1530 g/mol. The number of benzene rings is 11. The van der Waals surface area contributed by atoms with Crippen LogP contribution in [0.15, 0.2) is 227 Å². The third kappa shape index (κ3) is 15.7. The molecule has 105 heavy (non-hydrogen) atoms. The van der Waals surface area contributed by atoms with Crippen LogP contribution in [0, 0.1) is 6.92 Å². The van der Waals surface area contributed by atoms with Crippen molar-refractivity contribution in [2.75, 3.05) is 11.9 Å². The molecule has 11 aromatic carbocycles. The number of carboxylic acids is 3. The van der Waals surface area contributed by atoms with Crippen LogP contribution in [0.25, 0.3) is 43.1 Å². The van der Waals surface area contributed by atoms with Gasteiger partial charge in [0.05, 0.1) is 54.7 Å². The third-order valence-electron chi connectivity index (χ3n) is 15.1. The minimum atomic E-state index is -5.44. The highest BCUT2D eigenvalue weighted by molar-refractivity contribution is 7.87. The summed E-state index contributed by atoms with van der Waals surface area (Å²) < 4.78 is 183. The lowest BCUT2D eigenvalue weighted by Gasteiger charge is -2.14. The smallest absolute Gasteiger partial charge is 0.341 e. The Hall–Kier alpha value is -12.8. The normalized spacial score (nSPS) is 12.7. The topological polar surface area (TPSA) is 610 Å². The van der Waals surface area contributed by atoms with Crippen LogP contribution < -0.4 is 10.1 Å². The van der Waals surface area contributed by atoms with Gasteiger partial charge in [0.15, 0.2) is 23.9 Å². The first-order chi connectivity index (χ1) is 49.2. The Morgan fingerprint density at radius 3 is 1.43 bits per heavy atom. The number of aryl methyl sites for hydroxylation is 1. The number of para-hydroxylation sites is 1. The number of rotatable bonds is 22. The molecule has 536 valence electrons. The molecule has 0 bridgehead atoms. The summed E-state index contributed by atoms with van der Waals surface area (Å²) in [4.78, 5) is 30.5. The Morgan fingerprint density at radius 2 is 0.905 bits per heavy atom. The van der Waals surface area contributed by atoms with Gasteiger partial charge in [0, 0.05) is 39.4 Å². The fourth-order valence-corrected chi connectivity index (χ4v) is 13.3. The number of hydrogen-bond acceptors (Lipinski definition) is 29. The van der Waals surface area contributed by atoms with Gasteiger partial charge in [-0.05, 0) is 138 Å². The van der Waals surface area contributed by atoms with Gasteiger partial charge in [-0.15, -0.1) is 35.8 Å². The number of phenolic OH excluding ortho intramolecular Hbond substituents is 4. The maximum Gasteiger partial charge on any atom is 0.341 e. The number of hydrogen-bond donors (Lipinski definition) is 13. The molecule has 0 aliphatic heterocycles. The molecule has 0 unspecified atom stereocenters. The van der Waals surface area contributed by atoms with Gasteiger partial charge in [-0.1, -0.05) is 30.3 Å². The highest BCUT2D eigenvalue weighted by atomic mass is 32.2. The number of azo groups is 5. The van der Waals surface area contributed by atoms with Gasteiger partial charge in [0.25, 0.3) is 50.6 Å². The van der Waals surface area contributed by atoms with E-state index < -0.39 is 174 Å². The van der Waals surface area contributed by atoms with E-state index in [1.54, 1.807) is 30.3 Å². The predicted molar refractivity (Wildman–Crippen MR) is 367 cm³/mol. The summed E-state index contributed by atoms with van der Waals surface area (Å²) in [5.74, 6) is -8.93. The SMILES string of the molecule is Cc1cc(N=Nc2c(S(=O)(=O)O)cc3ccc(N=Nc4c(Nc5ccccc5)ccc5c(O)c(N=Nc6ccc7cc(S(=O)(=O)O)c(N=Nc8cc(C(=O)O)ccc8C(=O)O)c(O)c7c6)c(S(=O)(=O)O)cc45)cc3c2O)c(OCC(=O)O)cc1N=Nc1cc(S(=O)(=O)O)cc2cc(S(=O)(=O)O)cc(O)c12. The molecule has 0 spiro atoms. The molecule has 0 amide bonds. The van der Waals surface area contributed by atoms with Crippen LogP contribution >= 0.6 is 0 Å². The highest BCUT2D eigenvalue weighted by Crippen LogP contribution is 2.50. The van der Waals surface area contributed by atoms with Gasteiger partial charge in [-0.3, -0.25) is 22.8 Å². The zero-order valence-corrected chi connectivity index (χ0v) is 56.3. The number of nitrogens with one attached hydrogen (secondary N) is 1. The first-order valence-corrected chi connectivity index (χ1v) is 36.0. The van der Waals surface area contributed by atoms with Crippen LogP contribution in [0.5, 0.6) is 28.7 Å². The van der Waals surface area contributed by atoms with E-state index in [1.165, 1.54) is 31.2 Å². The second-order valence-electron chi connectivity index (χ2n) is 22.1. The summed E-state index contributed by atoms with van der Waals surface area (Å²) in [6.45, 7) is 0.301. The number of carbonyl (C=O) groups is 3. The lowest BCUT2D eigenvalue weighted by Crippen LogP contribution is -2.09. The van der Waals surface area contributed by atoms with Crippen LogP contribution in [0.4, 0.5) is 68.2 Å². The van der Waals surface area contributed by atoms with Gasteiger partial charge in [-0.2, -0.15) is 57.4 Å². The number of phenols is 4. The first kappa shape index (κ1) is 73.4. The maximum absolute atomic E-state index is 13.4. The van der Waals surface area contributed by atoms with Crippen LogP contribution in [0.2, 0.25) is 0 Å². The fourth-order valence-electron chi connectivity index (χ4n) is 10.3. The number of fused-ring (bicyclic) bond motifs is 4. The van der Waals surface area contributed by atoms with Crippen molar-refractivity contribution in [3.8, 4) is 28.7 Å². The van der Waals surface area contributed by atoms with E-state index in [-0.39, 0.29) is 77.1 Å². The van der Waals surface area contributed by atoms with Gasteiger partial charge >= 0.3 is 17.9 Å². The molecule has 0 fully saturated rings. The predicted octanol–water partition coefficient (Wildman–Crippen LogP) is 14.3. The summed E-state index contributed by atoms with van der Waals surface area (Å²) in [7, 11) is -26.1. The van der Waals surface area contributed by atoms with Crippen molar-refractivity contribution < 1.29 is 120 Å². The van der Waals surface area contributed by atoms with E-state index in [9.17, 15) is 115 Å². The van der Waals surface area contributed by atoms with Crippen molar-refractivity contribution in [1.82, 2.24) is 0 Å². The van der Waals surface area contributed by atoms with Crippen molar-refractivity contribution in [1.29, 1.82) is 0 Å². The number of aliphatic carboxylic acids is 1. The second kappa shape index (κ2) is 27.9. The van der Waals surface area contributed by atoms with E-state index in [0.717, 1.165) is 91.0 Å². The van der Waals surface area contributed by atoms with Gasteiger partial charge in [0.2, 0.25) is 0 Å². The summed E-state index contributed by atoms with van der Waals surface area (Å²) in [5, 5.41) is 116. The first-order valence-electron chi connectivity index (χ1n) is 28.8. The quantitative estimate of drug-likeness (QED) is 0.0221. The average Bonchev–Trinajstić information content (AvgIpc) is 0.752. The van der Waals surface area contributed by atoms with Crippen molar-refractivity contribution in [2.24, 2.45) is 51.1 Å². The second-order valence-corrected chi connectivity index (χ2v) is 29.1. The minimum Gasteiger partial charge on any atom is -0.507 e. The van der Waals surface area contributed by atoms with Crippen molar-refractivity contribution in [3.05, 3.63) is 168 Å². The minimum absolute atomic E-state index is 0.0661. The van der Waals surface area contributed by atoms with E-state index >= 15 is 0 Å². The van der Waals surface area contributed by atoms with Gasteiger partial charge in [-0.25, -0.2) is 14.4 Å². The Bertz CT molecular complexity index is 6400. The Balaban J connectivity index is 0.979. The molecule has 0 atom stereocenters. The zero-order valence-electron chi connectivity index (χ0n) is 52.2. The van der Waals surface area contributed by atoms with E-state index in [1.807, 2.05) is 0 Å². The lowest BCUT2D eigenvalue weighted by atomic mass is 10.0. The van der Waals surface area contributed by atoms with E-state index in [2.05, 4.69) is 56.5 Å². The largest absolute Gasteiger partial charge is 0.507 e. The van der Waals surface area contributed by atoms with E-state index in [0.29, 0.717) is 11.8 Å². The Morgan fingerprint density at radius 1 is 0.410 bits per heavy atom. The van der Waals surface area contributed by atoms with Crippen molar-refractivity contribution >= 4 is 180 Å². The van der Waals surface area contributed by atoms with Crippen LogP contribution in [0.1, 0.15) is 26.3 Å². The van der Waals surface area contributed by atoms with Crippen LogP contribution in [-0.2, 0) is 55.4 Å². The summed E-state index contributed by atoms with van der Waals surface area (Å²) >= 11 is 0. The van der Waals surface area contributed by atoms with Crippen molar-refractivity contribution in [2.45, 2.75) is 31.4 Å². The molecule has 13 N–H and O–H groups in total. The van der Waals surface area contributed by atoms with Gasteiger partial charge < -0.3 is 45.8 Å². The summed E-state index contributed by atoms with van der Waals surface area (Å²) in [6, 6.07) is 28.1.